The number of carboxylic acids is 1. The smallest absolute Gasteiger partial charge is 0.481 e. The highest BCUT2D eigenvalue weighted by molar-refractivity contribution is 5.96. The van der Waals surface area contributed by atoms with Crippen LogP contribution in [-0.2, 0) is 10.2 Å². The van der Waals surface area contributed by atoms with Crippen molar-refractivity contribution in [2.45, 2.75) is 63.7 Å². The molecule has 230 valence electrons. The zero-order chi connectivity index (χ0) is 31.3. The highest BCUT2D eigenvalue weighted by Crippen LogP contribution is 2.41. The quantitative estimate of drug-likeness (QED) is 0.173. The molecule has 3 aromatic carbocycles. The summed E-state index contributed by atoms with van der Waals surface area (Å²) in [4.78, 5) is 39.5. The summed E-state index contributed by atoms with van der Waals surface area (Å²) < 4.78 is 10.1. The van der Waals surface area contributed by atoms with Crippen LogP contribution in [0.4, 0.5) is 0 Å². The van der Waals surface area contributed by atoms with Gasteiger partial charge in [-0.05, 0) is 75.4 Å². The Kier molecular flexibility index (Phi) is 9.64. The number of nitrogens with zero attached hydrogens (tertiary/aromatic N) is 1. The van der Waals surface area contributed by atoms with E-state index in [1.54, 1.807) is 45.0 Å². The lowest BCUT2D eigenvalue weighted by Gasteiger charge is -2.36. The van der Waals surface area contributed by atoms with Gasteiger partial charge in [-0.1, -0.05) is 91.9 Å². The summed E-state index contributed by atoms with van der Waals surface area (Å²) in [6, 6.07) is 28.4. The SMILES string of the molecule is Cc1oc(=O)oc1C(C)C(C)(C(=O)O)c1ccc(C(=O)CCCN2CCC(C(c3ccccc3)c3ccccc3)CC2)cc1. The molecule has 2 heterocycles. The maximum absolute atomic E-state index is 13.0. The van der Waals surface area contributed by atoms with Crippen LogP contribution >= 0.6 is 0 Å². The third kappa shape index (κ3) is 6.63. The minimum absolute atomic E-state index is 0.0430. The summed E-state index contributed by atoms with van der Waals surface area (Å²) in [5.74, 6) is -1.12. The van der Waals surface area contributed by atoms with Crippen LogP contribution in [0.2, 0.25) is 0 Å². The first-order valence-electron chi connectivity index (χ1n) is 15.5. The molecular formula is C37H41NO6. The van der Waals surface area contributed by atoms with E-state index in [2.05, 4.69) is 65.6 Å². The van der Waals surface area contributed by atoms with Gasteiger partial charge in [0.1, 0.15) is 5.76 Å². The van der Waals surface area contributed by atoms with Crippen LogP contribution in [0, 0.1) is 12.8 Å². The van der Waals surface area contributed by atoms with E-state index in [1.807, 2.05) is 0 Å². The minimum atomic E-state index is -1.39. The van der Waals surface area contributed by atoms with Crippen LogP contribution in [0.3, 0.4) is 0 Å². The molecule has 7 nitrogen and oxygen atoms in total. The lowest BCUT2D eigenvalue weighted by molar-refractivity contribution is -0.144. The van der Waals surface area contributed by atoms with Crippen molar-refractivity contribution in [2.75, 3.05) is 19.6 Å². The largest absolute Gasteiger partial charge is 0.519 e. The van der Waals surface area contributed by atoms with Gasteiger partial charge in [-0.3, -0.25) is 9.59 Å². The number of rotatable bonds is 12. The Labute approximate surface area is 258 Å². The van der Waals surface area contributed by atoms with Gasteiger partial charge in [0.2, 0.25) is 0 Å². The van der Waals surface area contributed by atoms with Gasteiger partial charge in [-0.2, -0.15) is 0 Å². The normalized spacial score (nSPS) is 16.5. The third-order valence-corrected chi connectivity index (χ3v) is 9.59. The summed E-state index contributed by atoms with van der Waals surface area (Å²) in [6.07, 6.45) is 3.44. The Morgan fingerprint density at radius 2 is 1.48 bits per heavy atom. The number of ketones is 1. The first kappa shape index (κ1) is 31.2. The molecular weight excluding hydrogens is 554 g/mol. The maximum Gasteiger partial charge on any atom is 0.519 e. The third-order valence-electron chi connectivity index (χ3n) is 9.59. The van der Waals surface area contributed by atoms with Crippen molar-refractivity contribution in [2.24, 2.45) is 5.92 Å². The van der Waals surface area contributed by atoms with Gasteiger partial charge in [-0.15, -0.1) is 0 Å². The second-order valence-corrected chi connectivity index (χ2v) is 12.2. The lowest BCUT2D eigenvalue weighted by Crippen LogP contribution is -2.38. The fourth-order valence-electron chi connectivity index (χ4n) is 6.75. The second-order valence-electron chi connectivity index (χ2n) is 12.2. The highest BCUT2D eigenvalue weighted by atomic mass is 16.6. The summed E-state index contributed by atoms with van der Waals surface area (Å²) in [7, 11) is 0. The number of benzene rings is 3. The van der Waals surface area contributed by atoms with Gasteiger partial charge in [0.05, 0.1) is 5.41 Å². The van der Waals surface area contributed by atoms with Crippen molar-refractivity contribution < 1.29 is 23.5 Å². The van der Waals surface area contributed by atoms with Crippen LogP contribution in [-0.4, -0.2) is 41.4 Å². The van der Waals surface area contributed by atoms with Crippen molar-refractivity contribution in [3.63, 3.8) is 0 Å². The van der Waals surface area contributed by atoms with Crippen LogP contribution in [0.1, 0.15) is 89.9 Å². The first-order valence-corrected chi connectivity index (χ1v) is 15.5. The van der Waals surface area contributed by atoms with E-state index in [4.69, 9.17) is 8.83 Å². The monoisotopic (exact) mass is 595 g/mol. The molecule has 7 heteroatoms. The second kappa shape index (κ2) is 13.6. The van der Waals surface area contributed by atoms with E-state index >= 15 is 0 Å². The Morgan fingerprint density at radius 3 is 1.98 bits per heavy atom. The number of aliphatic carboxylic acids is 1. The molecule has 44 heavy (non-hydrogen) atoms. The molecule has 2 atom stereocenters. The molecule has 1 saturated heterocycles. The molecule has 0 spiro atoms. The van der Waals surface area contributed by atoms with E-state index in [-0.39, 0.29) is 17.3 Å². The molecule has 1 N–H and O–H groups in total. The van der Waals surface area contributed by atoms with E-state index in [9.17, 15) is 19.5 Å². The van der Waals surface area contributed by atoms with Gasteiger partial charge < -0.3 is 18.8 Å². The molecule has 0 radical (unpaired) electrons. The summed E-state index contributed by atoms with van der Waals surface area (Å²) in [5, 5.41) is 10.2. The van der Waals surface area contributed by atoms with E-state index in [0.29, 0.717) is 29.4 Å². The molecule has 1 aliphatic rings. The van der Waals surface area contributed by atoms with E-state index in [1.165, 1.54) is 11.1 Å². The fourth-order valence-corrected chi connectivity index (χ4v) is 6.75. The molecule has 2 unspecified atom stereocenters. The molecule has 0 bridgehead atoms. The molecule has 4 aromatic rings. The van der Waals surface area contributed by atoms with Crippen molar-refractivity contribution in [1.29, 1.82) is 0 Å². The Hall–Kier alpha value is -4.23. The highest BCUT2D eigenvalue weighted by Gasteiger charge is 2.44. The predicted octanol–water partition coefficient (Wildman–Crippen LogP) is 7.19. The summed E-state index contributed by atoms with van der Waals surface area (Å²) in [5.41, 5.74) is 2.43. The van der Waals surface area contributed by atoms with Gasteiger partial charge in [0.15, 0.2) is 11.5 Å². The minimum Gasteiger partial charge on any atom is -0.481 e. The van der Waals surface area contributed by atoms with E-state index in [0.717, 1.165) is 38.9 Å². The zero-order valence-electron chi connectivity index (χ0n) is 25.7. The lowest BCUT2D eigenvalue weighted by atomic mass is 9.71. The van der Waals surface area contributed by atoms with Crippen molar-refractivity contribution in [3.05, 3.63) is 129 Å². The van der Waals surface area contributed by atoms with Crippen LogP contribution in [0.15, 0.2) is 98.6 Å². The number of Topliss-reactive ketones (excluding diaryl/α,β-unsaturated/α-hetero) is 1. The average molecular weight is 596 g/mol. The number of likely N-dealkylation sites (tertiary alicyclic amines) is 1. The van der Waals surface area contributed by atoms with Crippen molar-refractivity contribution in [3.8, 4) is 0 Å². The van der Waals surface area contributed by atoms with Gasteiger partial charge in [-0.25, -0.2) is 4.79 Å². The Morgan fingerprint density at radius 1 is 0.909 bits per heavy atom. The average Bonchev–Trinajstić information content (AvgIpc) is 3.39. The zero-order valence-corrected chi connectivity index (χ0v) is 25.7. The molecule has 0 saturated carbocycles. The number of carbonyl (C=O) groups is 2. The van der Waals surface area contributed by atoms with Gasteiger partial charge >= 0.3 is 11.8 Å². The number of piperidine rings is 1. The molecule has 0 amide bonds. The number of hydrogen-bond donors (Lipinski definition) is 1. The Bertz CT molecular complexity index is 1560. The molecule has 1 fully saturated rings. The molecule has 1 aromatic heterocycles. The molecule has 5 rings (SSSR count). The number of aryl methyl sites for hydroxylation is 1. The topological polar surface area (TPSA) is 101 Å². The van der Waals surface area contributed by atoms with Gasteiger partial charge in [0, 0.05) is 23.8 Å². The number of carbonyl (C=O) groups excluding carboxylic acids is 1. The maximum atomic E-state index is 13.0. The molecule has 0 aliphatic carbocycles. The Balaban J connectivity index is 1.16. The van der Waals surface area contributed by atoms with Crippen LogP contribution in [0.25, 0.3) is 0 Å². The number of hydrogen-bond acceptors (Lipinski definition) is 6. The van der Waals surface area contributed by atoms with E-state index < -0.39 is 23.1 Å². The molecule has 1 aliphatic heterocycles. The van der Waals surface area contributed by atoms with Crippen molar-refractivity contribution >= 4 is 11.8 Å². The fraction of sp³-hybridized carbons (Fsp3) is 0.378. The standard InChI is InChI=1S/C37H41NO6/c1-25(34-26(2)43-36(42)44-34)37(3,35(40)41)31-18-16-27(17-19-31)32(39)15-10-22-38-23-20-30(21-24-38)33(28-11-6-4-7-12-28)29-13-8-5-9-14-29/h4-9,11-14,16-19,25,30,33H,10,15,20-24H2,1-3H3,(H,40,41). The summed E-state index contributed by atoms with van der Waals surface area (Å²) >= 11 is 0. The van der Waals surface area contributed by atoms with Gasteiger partial charge in [0.25, 0.3) is 0 Å². The predicted molar refractivity (Wildman–Crippen MR) is 169 cm³/mol. The first-order chi connectivity index (χ1) is 21.2. The van der Waals surface area contributed by atoms with Crippen LogP contribution in [0.5, 0.6) is 0 Å². The van der Waals surface area contributed by atoms with Crippen LogP contribution < -0.4 is 5.82 Å². The number of carboxylic acid groups (broad SMARTS) is 1. The summed E-state index contributed by atoms with van der Waals surface area (Å²) in [6.45, 7) is 7.78. The van der Waals surface area contributed by atoms with Crippen molar-refractivity contribution in [1.82, 2.24) is 4.90 Å².